The summed E-state index contributed by atoms with van der Waals surface area (Å²) in [7, 11) is -3.59. The molecule has 0 atom stereocenters. The molecule has 0 spiro atoms. The van der Waals surface area contributed by atoms with Crippen molar-refractivity contribution in [3.63, 3.8) is 0 Å². The molecule has 0 amide bonds. The van der Waals surface area contributed by atoms with Crippen molar-refractivity contribution >= 4 is 27.2 Å². The maximum Gasteiger partial charge on any atom is 0.245 e. The fourth-order valence-corrected chi connectivity index (χ4v) is 2.92. The van der Waals surface area contributed by atoms with Crippen LogP contribution in [0, 0.1) is 0 Å². The number of nitrogens with two attached hydrogens (primary N) is 1. The number of aromatic amines is 1. The number of hydrogen-bond acceptors (Lipinski definition) is 6. The number of rotatable bonds is 5. The predicted molar refractivity (Wildman–Crippen MR) is 64.0 cm³/mol. The van der Waals surface area contributed by atoms with Crippen LogP contribution in [0.3, 0.4) is 0 Å². The summed E-state index contributed by atoms with van der Waals surface area (Å²) in [5.41, 5.74) is 5.45. The number of anilines is 1. The van der Waals surface area contributed by atoms with Crippen LogP contribution in [0.5, 0.6) is 0 Å². The summed E-state index contributed by atoms with van der Waals surface area (Å²) < 4.78 is 26.0. The number of H-pyrrole nitrogens is 1. The van der Waals surface area contributed by atoms with Gasteiger partial charge in [0, 0.05) is 24.5 Å². The van der Waals surface area contributed by atoms with Gasteiger partial charge in [0.25, 0.3) is 0 Å². The van der Waals surface area contributed by atoms with Gasteiger partial charge in [-0.2, -0.15) is 5.10 Å². The van der Waals surface area contributed by atoms with E-state index in [-0.39, 0.29) is 17.3 Å². The Bertz CT molecular complexity index is 575. The van der Waals surface area contributed by atoms with Crippen molar-refractivity contribution < 1.29 is 8.42 Å². The van der Waals surface area contributed by atoms with Crippen molar-refractivity contribution in [2.75, 3.05) is 12.3 Å². The van der Waals surface area contributed by atoms with E-state index in [1.165, 1.54) is 17.5 Å². The average Bonchev–Trinajstić information content (AvgIpc) is 2.88. The summed E-state index contributed by atoms with van der Waals surface area (Å²) >= 11 is 1.48. The monoisotopic (exact) mass is 273 g/mol. The molecule has 0 fully saturated rings. The van der Waals surface area contributed by atoms with Crippen LogP contribution in [0.15, 0.2) is 22.7 Å². The quantitative estimate of drug-likeness (QED) is 0.708. The molecular formula is C8H11N5O2S2. The van der Waals surface area contributed by atoms with Crippen LogP contribution in [-0.4, -0.2) is 30.1 Å². The van der Waals surface area contributed by atoms with Gasteiger partial charge in [-0.3, -0.25) is 5.10 Å². The Hall–Kier alpha value is -1.45. The summed E-state index contributed by atoms with van der Waals surface area (Å²) in [5.74, 6) is 0.0340. The topological polar surface area (TPSA) is 114 Å². The van der Waals surface area contributed by atoms with Crippen molar-refractivity contribution in [1.29, 1.82) is 0 Å². The van der Waals surface area contributed by atoms with Gasteiger partial charge in [-0.05, 0) is 0 Å². The highest BCUT2D eigenvalue weighted by molar-refractivity contribution is 7.89. The molecule has 2 rings (SSSR count). The third-order valence-electron chi connectivity index (χ3n) is 2.04. The highest BCUT2D eigenvalue weighted by atomic mass is 32.2. The zero-order valence-corrected chi connectivity index (χ0v) is 10.4. The molecule has 0 aliphatic carbocycles. The maximum absolute atomic E-state index is 11.8. The maximum atomic E-state index is 11.8. The summed E-state index contributed by atoms with van der Waals surface area (Å²) in [6, 6.07) is 0. The third-order valence-corrected chi connectivity index (χ3v) is 4.36. The number of nitrogen functional groups attached to an aromatic ring is 1. The Balaban J connectivity index is 1.97. The largest absolute Gasteiger partial charge is 0.383 e. The van der Waals surface area contributed by atoms with E-state index in [4.69, 9.17) is 5.73 Å². The molecule has 2 heterocycles. The lowest BCUT2D eigenvalue weighted by molar-refractivity contribution is 0.582. The lowest BCUT2D eigenvalue weighted by Crippen LogP contribution is -2.26. The van der Waals surface area contributed by atoms with E-state index in [9.17, 15) is 8.42 Å². The molecule has 9 heteroatoms. The molecule has 0 saturated heterocycles. The highest BCUT2D eigenvalue weighted by Crippen LogP contribution is 2.13. The van der Waals surface area contributed by atoms with Gasteiger partial charge < -0.3 is 5.73 Å². The van der Waals surface area contributed by atoms with Crippen LogP contribution < -0.4 is 10.5 Å². The second kappa shape index (κ2) is 4.82. The summed E-state index contributed by atoms with van der Waals surface area (Å²) in [5, 5.41) is 8.67. The number of nitrogens with zero attached hydrogens (tertiary/aromatic N) is 2. The Labute approximate surface area is 102 Å². The van der Waals surface area contributed by atoms with Crippen molar-refractivity contribution in [3.05, 3.63) is 22.8 Å². The zero-order chi connectivity index (χ0) is 12.3. The lowest BCUT2D eigenvalue weighted by Gasteiger charge is -2.03. The number of thiazole rings is 1. The van der Waals surface area contributed by atoms with Gasteiger partial charge >= 0.3 is 0 Å². The highest BCUT2D eigenvalue weighted by Gasteiger charge is 2.18. The summed E-state index contributed by atoms with van der Waals surface area (Å²) in [6.07, 6.45) is 3.41. The van der Waals surface area contributed by atoms with E-state index < -0.39 is 10.0 Å². The standard InChI is InChI=1S/C8H11N5O2S2/c9-8-6(5-11-13-8)17(14,15)12-2-1-7-10-3-4-16-7/h3-5,12H,1-2H2,(H3,9,11,13). The molecule has 0 bridgehead atoms. The van der Waals surface area contributed by atoms with E-state index in [2.05, 4.69) is 19.9 Å². The smallest absolute Gasteiger partial charge is 0.245 e. The average molecular weight is 273 g/mol. The van der Waals surface area contributed by atoms with Crippen LogP contribution in [0.4, 0.5) is 5.82 Å². The Morgan fingerprint density at radius 2 is 2.35 bits per heavy atom. The first-order valence-electron chi connectivity index (χ1n) is 4.76. The number of aromatic nitrogens is 3. The second-order valence-corrected chi connectivity index (χ2v) is 5.94. The van der Waals surface area contributed by atoms with Crippen molar-refractivity contribution in [2.24, 2.45) is 0 Å². The molecule has 0 unspecified atom stereocenters. The van der Waals surface area contributed by atoms with E-state index in [0.717, 1.165) is 5.01 Å². The summed E-state index contributed by atoms with van der Waals surface area (Å²) in [6.45, 7) is 0.278. The SMILES string of the molecule is Nc1[nH]ncc1S(=O)(=O)NCCc1nccs1. The lowest BCUT2D eigenvalue weighted by atomic mass is 10.5. The van der Waals surface area contributed by atoms with Crippen molar-refractivity contribution in [1.82, 2.24) is 19.9 Å². The van der Waals surface area contributed by atoms with Crippen LogP contribution in [0.2, 0.25) is 0 Å². The first-order valence-corrected chi connectivity index (χ1v) is 7.13. The molecule has 0 radical (unpaired) electrons. The summed E-state index contributed by atoms with van der Waals surface area (Å²) in [4.78, 5) is 4.03. The van der Waals surface area contributed by atoms with Gasteiger partial charge in [0.2, 0.25) is 10.0 Å². The van der Waals surface area contributed by atoms with Gasteiger partial charge in [0.15, 0.2) is 0 Å². The molecule has 0 aliphatic rings. The van der Waals surface area contributed by atoms with Crippen LogP contribution in [-0.2, 0) is 16.4 Å². The van der Waals surface area contributed by atoms with Gasteiger partial charge in [0.05, 0.1) is 11.2 Å². The first-order chi connectivity index (χ1) is 8.09. The Kier molecular flexibility index (Phi) is 3.41. The predicted octanol–water partition coefficient (Wildman–Crippen LogP) is -0.0306. The van der Waals surface area contributed by atoms with Crippen molar-refractivity contribution in [2.45, 2.75) is 11.3 Å². The first kappa shape index (κ1) is 12.0. The number of hydrogen-bond donors (Lipinski definition) is 3. The molecule has 92 valence electrons. The zero-order valence-electron chi connectivity index (χ0n) is 8.75. The Morgan fingerprint density at radius 3 is 2.94 bits per heavy atom. The minimum Gasteiger partial charge on any atom is -0.383 e. The minimum atomic E-state index is -3.59. The van der Waals surface area contributed by atoms with Gasteiger partial charge in [-0.15, -0.1) is 11.3 Å². The number of sulfonamides is 1. The molecule has 17 heavy (non-hydrogen) atoms. The fourth-order valence-electron chi connectivity index (χ4n) is 1.25. The normalized spacial score (nSPS) is 11.8. The van der Waals surface area contributed by atoms with Gasteiger partial charge in [0.1, 0.15) is 10.7 Å². The minimum absolute atomic E-state index is 0.0309. The number of nitrogens with one attached hydrogen (secondary N) is 2. The van der Waals surface area contributed by atoms with Crippen molar-refractivity contribution in [3.8, 4) is 0 Å². The molecule has 0 saturated carbocycles. The van der Waals surface area contributed by atoms with E-state index >= 15 is 0 Å². The molecule has 4 N–H and O–H groups in total. The van der Waals surface area contributed by atoms with E-state index in [0.29, 0.717) is 6.42 Å². The van der Waals surface area contributed by atoms with Crippen LogP contribution in [0.25, 0.3) is 0 Å². The molecule has 2 aromatic rings. The van der Waals surface area contributed by atoms with Gasteiger partial charge in [-0.1, -0.05) is 0 Å². The molecule has 0 aromatic carbocycles. The molecule has 0 aliphatic heterocycles. The Morgan fingerprint density at radius 1 is 1.53 bits per heavy atom. The molecular weight excluding hydrogens is 262 g/mol. The van der Waals surface area contributed by atoms with E-state index in [1.54, 1.807) is 6.20 Å². The molecule has 7 nitrogen and oxygen atoms in total. The van der Waals surface area contributed by atoms with Crippen LogP contribution >= 0.6 is 11.3 Å². The van der Waals surface area contributed by atoms with Crippen LogP contribution in [0.1, 0.15) is 5.01 Å². The second-order valence-electron chi connectivity index (χ2n) is 3.22. The third kappa shape index (κ3) is 2.81. The fraction of sp³-hybridized carbons (Fsp3) is 0.250. The van der Waals surface area contributed by atoms with Gasteiger partial charge in [-0.25, -0.2) is 18.1 Å². The molecule has 2 aromatic heterocycles. The van der Waals surface area contributed by atoms with E-state index in [1.807, 2.05) is 5.38 Å².